The number of nitrogens with zero attached hydrogens (tertiary/aromatic N) is 2. The number of halogens is 1. The van der Waals surface area contributed by atoms with Crippen molar-refractivity contribution in [3.8, 4) is 17.1 Å². The minimum Gasteiger partial charge on any atom is -0.481 e. The lowest BCUT2D eigenvalue weighted by Gasteiger charge is -2.28. The van der Waals surface area contributed by atoms with Gasteiger partial charge >= 0.3 is 5.97 Å². The minimum absolute atomic E-state index is 0.296. The molecule has 0 radical (unpaired) electrons. The number of benzene rings is 1. The second-order valence-corrected chi connectivity index (χ2v) is 8.62. The lowest BCUT2D eigenvalue weighted by atomic mass is 9.77. The number of hydrogen-bond acceptors (Lipinski definition) is 5. The van der Waals surface area contributed by atoms with Crippen LogP contribution in [-0.2, 0) is 4.79 Å². The fourth-order valence-corrected chi connectivity index (χ4v) is 4.57. The Labute approximate surface area is 192 Å². The van der Waals surface area contributed by atoms with Crippen LogP contribution in [0.4, 0.5) is 11.4 Å². The number of ether oxygens (including phenoxy) is 1. The molecule has 166 valence electrons. The first-order chi connectivity index (χ1) is 15.5. The maximum absolute atomic E-state index is 10.9. The fourth-order valence-electron chi connectivity index (χ4n) is 4.32. The molecule has 1 fully saturated rings. The van der Waals surface area contributed by atoms with E-state index in [4.69, 9.17) is 21.4 Å². The van der Waals surface area contributed by atoms with E-state index in [1.54, 1.807) is 18.5 Å². The van der Waals surface area contributed by atoms with Crippen molar-refractivity contribution in [2.75, 3.05) is 12.4 Å². The number of rotatable bonds is 7. The third kappa shape index (κ3) is 5.37. The molecule has 7 heteroatoms. The summed E-state index contributed by atoms with van der Waals surface area (Å²) in [6, 6.07) is 14.3. The van der Waals surface area contributed by atoms with Crippen molar-refractivity contribution in [1.82, 2.24) is 9.97 Å². The predicted molar refractivity (Wildman–Crippen MR) is 126 cm³/mol. The van der Waals surface area contributed by atoms with Gasteiger partial charge in [0.05, 0.1) is 36.6 Å². The second-order valence-electron chi connectivity index (χ2n) is 8.21. The molecule has 3 aromatic rings. The van der Waals surface area contributed by atoms with Gasteiger partial charge < -0.3 is 15.2 Å². The first kappa shape index (κ1) is 22.1. The number of carboxylic acids is 1. The zero-order valence-corrected chi connectivity index (χ0v) is 18.7. The van der Waals surface area contributed by atoms with Crippen LogP contribution in [0, 0.1) is 5.92 Å². The third-order valence-corrected chi connectivity index (χ3v) is 6.31. The molecule has 1 saturated carbocycles. The maximum Gasteiger partial charge on any atom is 0.303 e. The Hall–Kier alpha value is -3.12. The van der Waals surface area contributed by atoms with Crippen LogP contribution in [0.3, 0.4) is 0 Å². The summed E-state index contributed by atoms with van der Waals surface area (Å²) >= 11 is 6.13. The molecule has 0 unspecified atom stereocenters. The van der Waals surface area contributed by atoms with E-state index < -0.39 is 5.97 Å². The fraction of sp³-hybridized carbons (Fsp3) is 0.320. The van der Waals surface area contributed by atoms with Crippen molar-refractivity contribution in [1.29, 1.82) is 0 Å². The molecule has 1 aliphatic rings. The van der Waals surface area contributed by atoms with Crippen LogP contribution in [0.25, 0.3) is 11.3 Å². The Morgan fingerprint density at radius 1 is 1.06 bits per heavy atom. The summed E-state index contributed by atoms with van der Waals surface area (Å²) in [7, 11) is 1.53. The molecule has 2 N–H and O–H groups in total. The molecule has 0 amide bonds. The van der Waals surface area contributed by atoms with Crippen molar-refractivity contribution in [3.63, 3.8) is 0 Å². The molecule has 0 spiro atoms. The summed E-state index contributed by atoms with van der Waals surface area (Å²) in [5.41, 5.74) is 4.89. The maximum atomic E-state index is 10.9. The molecule has 1 aromatic carbocycles. The average molecular weight is 452 g/mol. The van der Waals surface area contributed by atoms with Crippen LogP contribution in [0.2, 0.25) is 5.02 Å². The normalized spacial score (nSPS) is 18.2. The zero-order chi connectivity index (χ0) is 22.5. The van der Waals surface area contributed by atoms with Gasteiger partial charge in [-0.2, -0.15) is 0 Å². The number of aliphatic carboxylic acids is 1. The highest BCUT2D eigenvalue weighted by atomic mass is 35.5. The van der Waals surface area contributed by atoms with Crippen molar-refractivity contribution in [2.24, 2.45) is 5.92 Å². The van der Waals surface area contributed by atoms with Gasteiger partial charge in [0.25, 0.3) is 0 Å². The number of nitrogens with one attached hydrogen (secondary N) is 1. The van der Waals surface area contributed by atoms with Gasteiger partial charge in [0.15, 0.2) is 0 Å². The van der Waals surface area contributed by atoms with Crippen molar-refractivity contribution in [3.05, 3.63) is 65.4 Å². The van der Waals surface area contributed by atoms with Gasteiger partial charge in [-0.1, -0.05) is 35.9 Å². The van der Waals surface area contributed by atoms with Crippen molar-refractivity contribution < 1.29 is 14.6 Å². The predicted octanol–water partition coefficient (Wildman–Crippen LogP) is 6.30. The van der Waals surface area contributed by atoms with Crippen LogP contribution < -0.4 is 10.1 Å². The summed E-state index contributed by atoms with van der Waals surface area (Å²) < 4.78 is 5.08. The molecule has 2 aromatic heterocycles. The minimum atomic E-state index is -0.684. The van der Waals surface area contributed by atoms with Gasteiger partial charge in [-0.3, -0.25) is 9.78 Å². The SMILES string of the molecule is COc1ncc(Nc2ccc(-c3ccc(C4CCC(CC(=O)O)CC4)cc3)nc2)cc1Cl. The number of anilines is 2. The summed E-state index contributed by atoms with van der Waals surface area (Å²) in [6.07, 6.45) is 7.83. The van der Waals surface area contributed by atoms with Crippen LogP contribution in [0.15, 0.2) is 54.9 Å². The molecule has 32 heavy (non-hydrogen) atoms. The molecule has 4 rings (SSSR count). The highest BCUT2D eigenvalue weighted by Gasteiger charge is 2.23. The molecular weight excluding hydrogens is 426 g/mol. The largest absolute Gasteiger partial charge is 0.481 e. The van der Waals surface area contributed by atoms with Crippen LogP contribution in [0.1, 0.15) is 43.6 Å². The number of methoxy groups -OCH3 is 1. The van der Waals surface area contributed by atoms with Crippen molar-refractivity contribution in [2.45, 2.75) is 38.0 Å². The summed E-state index contributed by atoms with van der Waals surface area (Å²) in [4.78, 5) is 19.7. The first-order valence-corrected chi connectivity index (χ1v) is 11.1. The summed E-state index contributed by atoms with van der Waals surface area (Å²) in [5, 5.41) is 12.7. The quantitative estimate of drug-likeness (QED) is 0.438. The van der Waals surface area contributed by atoms with Gasteiger partial charge in [0, 0.05) is 12.0 Å². The molecule has 6 nitrogen and oxygen atoms in total. The Kier molecular flexibility index (Phi) is 6.90. The smallest absolute Gasteiger partial charge is 0.303 e. The van der Waals surface area contributed by atoms with Crippen LogP contribution in [0.5, 0.6) is 5.88 Å². The summed E-state index contributed by atoms with van der Waals surface area (Å²) in [6.45, 7) is 0. The number of carboxylic acid groups (broad SMARTS) is 1. The van der Waals surface area contributed by atoms with Crippen molar-refractivity contribution >= 4 is 28.9 Å². The second kappa shape index (κ2) is 10.0. The Morgan fingerprint density at radius 2 is 1.78 bits per heavy atom. The van der Waals surface area contributed by atoms with E-state index in [9.17, 15) is 4.79 Å². The Bertz CT molecular complexity index is 1060. The third-order valence-electron chi connectivity index (χ3n) is 6.04. The van der Waals surface area contributed by atoms with Gasteiger partial charge in [-0.25, -0.2) is 4.98 Å². The molecule has 0 atom stereocenters. The van der Waals surface area contributed by atoms with Gasteiger partial charge in [-0.15, -0.1) is 0 Å². The molecule has 1 aliphatic carbocycles. The van der Waals surface area contributed by atoms with Gasteiger partial charge in [0.2, 0.25) is 5.88 Å². The first-order valence-electron chi connectivity index (χ1n) is 10.8. The highest BCUT2D eigenvalue weighted by Crippen LogP contribution is 2.37. The number of pyridine rings is 2. The average Bonchev–Trinajstić information content (AvgIpc) is 2.80. The topological polar surface area (TPSA) is 84.3 Å². The number of hydrogen-bond donors (Lipinski definition) is 2. The van der Waals surface area contributed by atoms with E-state index in [1.807, 2.05) is 12.1 Å². The molecular formula is C25H26ClN3O3. The van der Waals surface area contributed by atoms with Crippen LogP contribution in [-0.4, -0.2) is 28.2 Å². The monoisotopic (exact) mass is 451 g/mol. The van der Waals surface area contributed by atoms with E-state index in [-0.39, 0.29) is 0 Å². The van der Waals surface area contributed by atoms with Crippen LogP contribution >= 0.6 is 11.6 Å². The standard InChI is InChI=1S/C25H26ClN3O3/c1-32-25-22(26)13-21(15-28-25)29-20-10-11-23(27-14-20)19-8-6-18(7-9-19)17-4-2-16(3-5-17)12-24(30)31/h6-11,13-17,29H,2-5,12H2,1H3,(H,30,31). The lowest BCUT2D eigenvalue weighted by molar-refractivity contribution is -0.138. The van der Waals surface area contributed by atoms with Gasteiger partial charge in [-0.05, 0) is 61.3 Å². The number of carbonyl (C=O) groups is 1. The van der Waals surface area contributed by atoms with E-state index in [2.05, 4.69) is 39.6 Å². The molecule has 0 saturated heterocycles. The van der Waals surface area contributed by atoms with E-state index in [0.717, 1.165) is 48.3 Å². The lowest BCUT2D eigenvalue weighted by Crippen LogP contribution is -2.16. The molecule has 0 bridgehead atoms. The zero-order valence-electron chi connectivity index (χ0n) is 17.9. The van der Waals surface area contributed by atoms with E-state index >= 15 is 0 Å². The Morgan fingerprint density at radius 3 is 2.38 bits per heavy atom. The van der Waals surface area contributed by atoms with E-state index in [0.29, 0.717) is 29.2 Å². The summed E-state index contributed by atoms with van der Waals surface area (Å²) in [5.74, 6) is 0.543. The van der Waals surface area contributed by atoms with E-state index in [1.165, 1.54) is 12.7 Å². The molecule has 2 heterocycles. The molecule has 0 aliphatic heterocycles. The van der Waals surface area contributed by atoms with Gasteiger partial charge in [0.1, 0.15) is 5.02 Å². The number of aromatic nitrogens is 2. The highest BCUT2D eigenvalue weighted by molar-refractivity contribution is 6.32. The Balaban J connectivity index is 1.37.